The molecule has 2 N–H and O–H groups in total. The molecule has 2 heterocycles. The van der Waals surface area contributed by atoms with Crippen molar-refractivity contribution >= 4 is 16.7 Å². The number of para-hydroxylation sites is 1. The van der Waals surface area contributed by atoms with Crippen LogP contribution in [0.3, 0.4) is 0 Å². The molecule has 0 atom stereocenters. The Balaban J connectivity index is 2.00. The monoisotopic (exact) mass is 278 g/mol. The van der Waals surface area contributed by atoms with Crippen LogP contribution in [0.2, 0.25) is 0 Å². The Morgan fingerprint density at radius 2 is 1.86 bits per heavy atom. The summed E-state index contributed by atoms with van der Waals surface area (Å²) in [6.07, 6.45) is 2.20. The second-order valence-electron chi connectivity index (χ2n) is 5.45. The van der Waals surface area contributed by atoms with Crippen molar-refractivity contribution in [1.29, 1.82) is 0 Å². The van der Waals surface area contributed by atoms with Gasteiger partial charge < -0.3 is 5.73 Å². The van der Waals surface area contributed by atoms with Gasteiger partial charge in [0, 0.05) is 23.1 Å². The molecule has 0 aliphatic heterocycles. The van der Waals surface area contributed by atoms with Gasteiger partial charge >= 0.3 is 0 Å². The van der Waals surface area contributed by atoms with E-state index in [4.69, 9.17) is 10.7 Å². The van der Waals surface area contributed by atoms with Gasteiger partial charge in [0.25, 0.3) is 0 Å². The van der Waals surface area contributed by atoms with Crippen molar-refractivity contribution in [3.63, 3.8) is 0 Å². The molecule has 1 aromatic carbocycles. The fourth-order valence-corrected chi connectivity index (χ4v) is 2.60. The maximum Gasteiger partial charge on any atom is 0.130 e. The summed E-state index contributed by atoms with van der Waals surface area (Å²) < 4.78 is 0. The third kappa shape index (κ3) is 2.70. The lowest BCUT2D eigenvalue weighted by atomic mass is 9.99. The molecule has 0 saturated heterocycles. The largest absolute Gasteiger partial charge is 0.383 e. The minimum Gasteiger partial charge on any atom is -0.383 e. The zero-order chi connectivity index (χ0) is 14.8. The Morgan fingerprint density at radius 3 is 2.67 bits per heavy atom. The van der Waals surface area contributed by atoms with Crippen molar-refractivity contribution < 1.29 is 0 Å². The third-order valence-electron chi connectivity index (χ3n) is 3.58. The molecule has 0 bridgehead atoms. The number of nitrogens with two attached hydrogens (primary N) is 1. The first kappa shape index (κ1) is 13.5. The smallest absolute Gasteiger partial charge is 0.130 e. The van der Waals surface area contributed by atoms with Crippen LogP contribution in [0, 0.1) is 0 Å². The molecule has 3 rings (SSSR count). The molecular formula is C17H18N4. The molecule has 106 valence electrons. The Kier molecular flexibility index (Phi) is 3.52. The molecule has 21 heavy (non-hydrogen) atoms. The number of nitrogen functional groups attached to an aromatic ring is 1. The van der Waals surface area contributed by atoms with Gasteiger partial charge in [-0.1, -0.05) is 38.1 Å². The Bertz CT molecular complexity index is 781. The quantitative estimate of drug-likeness (QED) is 0.798. The highest BCUT2D eigenvalue weighted by atomic mass is 14.9. The number of pyridine rings is 1. The minimum absolute atomic E-state index is 0.293. The lowest BCUT2D eigenvalue weighted by molar-refractivity contribution is 0.818. The predicted molar refractivity (Wildman–Crippen MR) is 85.1 cm³/mol. The second kappa shape index (κ2) is 5.48. The van der Waals surface area contributed by atoms with Gasteiger partial charge in [0.1, 0.15) is 12.1 Å². The highest BCUT2D eigenvalue weighted by Gasteiger charge is 2.13. The molecule has 0 unspecified atom stereocenters. The highest BCUT2D eigenvalue weighted by Crippen LogP contribution is 2.24. The van der Waals surface area contributed by atoms with Crippen LogP contribution in [0.15, 0.2) is 42.7 Å². The van der Waals surface area contributed by atoms with Gasteiger partial charge in [-0.05, 0) is 18.1 Å². The van der Waals surface area contributed by atoms with Crippen molar-refractivity contribution in [1.82, 2.24) is 15.0 Å². The number of hydrogen-bond donors (Lipinski definition) is 1. The summed E-state index contributed by atoms with van der Waals surface area (Å²) in [7, 11) is 0. The molecule has 0 spiro atoms. The van der Waals surface area contributed by atoms with Gasteiger partial charge in [-0.25, -0.2) is 9.97 Å². The summed E-state index contributed by atoms with van der Waals surface area (Å²) in [5.74, 6) is 0.859. The van der Waals surface area contributed by atoms with Crippen molar-refractivity contribution in [2.45, 2.75) is 26.2 Å². The SMILES string of the molecule is CC(C)c1c(N)ncnc1Cc1ccc2ccccc2n1. The zero-order valence-corrected chi connectivity index (χ0v) is 12.2. The van der Waals surface area contributed by atoms with E-state index >= 15 is 0 Å². The van der Waals surface area contributed by atoms with E-state index in [1.807, 2.05) is 24.3 Å². The topological polar surface area (TPSA) is 64.7 Å². The minimum atomic E-state index is 0.293. The molecule has 0 aliphatic rings. The van der Waals surface area contributed by atoms with E-state index in [0.29, 0.717) is 18.2 Å². The third-order valence-corrected chi connectivity index (χ3v) is 3.58. The number of benzene rings is 1. The fourth-order valence-electron chi connectivity index (χ4n) is 2.60. The average Bonchev–Trinajstić information content (AvgIpc) is 2.47. The van der Waals surface area contributed by atoms with Gasteiger partial charge in [-0.15, -0.1) is 0 Å². The van der Waals surface area contributed by atoms with Crippen molar-refractivity contribution in [3.8, 4) is 0 Å². The molecule has 3 aromatic rings. The molecule has 0 fully saturated rings. The molecular weight excluding hydrogens is 260 g/mol. The van der Waals surface area contributed by atoms with E-state index in [2.05, 4.69) is 35.9 Å². The van der Waals surface area contributed by atoms with E-state index in [9.17, 15) is 0 Å². The molecule has 0 saturated carbocycles. The lowest BCUT2D eigenvalue weighted by Crippen LogP contribution is -2.08. The van der Waals surface area contributed by atoms with Gasteiger partial charge in [-0.3, -0.25) is 4.98 Å². The number of hydrogen-bond acceptors (Lipinski definition) is 4. The first-order valence-corrected chi connectivity index (χ1v) is 7.09. The number of nitrogens with zero attached hydrogens (tertiary/aromatic N) is 3. The van der Waals surface area contributed by atoms with E-state index < -0.39 is 0 Å². The van der Waals surface area contributed by atoms with Crippen molar-refractivity contribution in [2.24, 2.45) is 0 Å². The van der Waals surface area contributed by atoms with E-state index in [1.54, 1.807) is 0 Å². The summed E-state index contributed by atoms with van der Waals surface area (Å²) in [5, 5.41) is 1.15. The lowest BCUT2D eigenvalue weighted by Gasteiger charge is -2.13. The van der Waals surface area contributed by atoms with Crippen LogP contribution in [0.5, 0.6) is 0 Å². The zero-order valence-electron chi connectivity index (χ0n) is 12.2. The number of rotatable bonds is 3. The normalized spacial score (nSPS) is 11.2. The Hall–Kier alpha value is -2.49. The highest BCUT2D eigenvalue weighted by molar-refractivity contribution is 5.78. The first-order chi connectivity index (χ1) is 10.1. The molecule has 0 radical (unpaired) electrons. The second-order valence-corrected chi connectivity index (χ2v) is 5.45. The van der Waals surface area contributed by atoms with Crippen LogP contribution in [-0.2, 0) is 6.42 Å². The Labute approximate surface area is 124 Å². The predicted octanol–water partition coefficient (Wildman–Crippen LogP) is 3.32. The maximum atomic E-state index is 5.99. The van der Waals surface area contributed by atoms with Crippen LogP contribution in [0.25, 0.3) is 10.9 Å². The van der Waals surface area contributed by atoms with Crippen LogP contribution in [0.4, 0.5) is 5.82 Å². The standard InChI is InChI=1S/C17H18N4/c1-11(2)16-15(19-10-20-17(16)18)9-13-8-7-12-5-3-4-6-14(12)21-13/h3-8,10-11H,9H2,1-2H3,(H2,18,19,20). The van der Waals surface area contributed by atoms with E-state index in [-0.39, 0.29) is 0 Å². The molecule has 0 aliphatic carbocycles. The fraction of sp³-hybridized carbons (Fsp3) is 0.235. The van der Waals surface area contributed by atoms with E-state index in [1.165, 1.54) is 6.33 Å². The molecule has 4 heteroatoms. The van der Waals surface area contributed by atoms with Crippen LogP contribution >= 0.6 is 0 Å². The average molecular weight is 278 g/mol. The molecule has 2 aromatic heterocycles. The van der Waals surface area contributed by atoms with Crippen LogP contribution in [-0.4, -0.2) is 15.0 Å². The van der Waals surface area contributed by atoms with Crippen molar-refractivity contribution in [3.05, 3.63) is 59.7 Å². The number of anilines is 1. The van der Waals surface area contributed by atoms with E-state index in [0.717, 1.165) is 27.9 Å². The molecule has 4 nitrogen and oxygen atoms in total. The summed E-state index contributed by atoms with van der Waals surface area (Å²) >= 11 is 0. The summed E-state index contributed by atoms with van der Waals surface area (Å²) in [6.45, 7) is 4.21. The van der Waals surface area contributed by atoms with Crippen LogP contribution < -0.4 is 5.73 Å². The maximum absolute atomic E-state index is 5.99. The molecule has 0 amide bonds. The van der Waals surface area contributed by atoms with Crippen LogP contribution in [0.1, 0.15) is 36.7 Å². The summed E-state index contributed by atoms with van der Waals surface area (Å²) in [5.41, 5.74) is 9.97. The summed E-state index contributed by atoms with van der Waals surface area (Å²) in [4.78, 5) is 13.2. The Morgan fingerprint density at radius 1 is 1.05 bits per heavy atom. The van der Waals surface area contributed by atoms with Gasteiger partial charge in [0.2, 0.25) is 0 Å². The number of aromatic nitrogens is 3. The number of fused-ring (bicyclic) bond motifs is 1. The van der Waals surface area contributed by atoms with Gasteiger partial charge in [-0.2, -0.15) is 0 Å². The summed E-state index contributed by atoms with van der Waals surface area (Å²) in [6, 6.07) is 12.2. The van der Waals surface area contributed by atoms with Gasteiger partial charge in [0.05, 0.1) is 11.2 Å². The first-order valence-electron chi connectivity index (χ1n) is 7.09. The van der Waals surface area contributed by atoms with Crippen molar-refractivity contribution in [2.75, 3.05) is 5.73 Å². The van der Waals surface area contributed by atoms with Gasteiger partial charge in [0.15, 0.2) is 0 Å².